The lowest BCUT2D eigenvalue weighted by Crippen LogP contribution is -2.39. The molecule has 0 spiro atoms. The van der Waals surface area contributed by atoms with Gasteiger partial charge < -0.3 is 15.4 Å². The lowest BCUT2D eigenvalue weighted by molar-refractivity contribution is 0.0567. The Balaban J connectivity index is 1.56. The molecule has 2 aromatic rings. The molecule has 116 valence electrons. The summed E-state index contributed by atoms with van der Waals surface area (Å²) in [6.45, 7) is 2.96. The van der Waals surface area contributed by atoms with Crippen LogP contribution in [-0.4, -0.2) is 36.7 Å². The lowest BCUT2D eigenvalue weighted by atomic mass is 10.0. The first-order valence-electron chi connectivity index (χ1n) is 7.87. The number of benzene rings is 2. The number of piperidine rings is 1. The monoisotopic (exact) mass is 298 g/mol. The van der Waals surface area contributed by atoms with Crippen LogP contribution in [0.2, 0.25) is 0 Å². The molecule has 3 rings (SSSR count). The van der Waals surface area contributed by atoms with Crippen LogP contribution in [0.1, 0.15) is 18.4 Å². The van der Waals surface area contributed by atoms with Crippen molar-refractivity contribution in [2.24, 2.45) is 5.73 Å². The summed E-state index contributed by atoms with van der Waals surface area (Å²) in [6.07, 6.45) is 2.13. The summed E-state index contributed by atoms with van der Waals surface area (Å²) >= 11 is 0. The SMILES string of the molecule is NC(=O)OC1CCN(CCc2cccc3ccccc23)CC1. The molecule has 0 unspecified atom stereocenters. The molecule has 1 amide bonds. The summed E-state index contributed by atoms with van der Waals surface area (Å²) in [6, 6.07) is 15.0. The Morgan fingerprint density at radius 1 is 1.14 bits per heavy atom. The highest BCUT2D eigenvalue weighted by Gasteiger charge is 2.21. The van der Waals surface area contributed by atoms with E-state index in [4.69, 9.17) is 10.5 Å². The van der Waals surface area contributed by atoms with E-state index in [0.717, 1.165) is 38.9 Å². The predicted molar refractivity (Wildman–Crippen MR) is 87.8 cm³/mol. The van der Waals surface area contributed by atoms with Gasteiger partial charge in [-0.2, -0.15) is 0 Å². The third-order valence-electron chi connectivity index (χ3n) is 4.39. The smallest absolute Gasteiger partial charge is 0.404 e. The van der Waals surface area contributed by atoms with E-state index >= 15 is 0 Å². The highest BCUT2D eigenvalue weighted by atomic mass is 16.6. The zero-order valence-electron chi connectivity index (χ0n) is 12.7. The number of hydrogen-bond donors (Lipinski definition) is 1. The largest absolute Gasteiger partial charge is 0.446 e. The molecule has 2 aromatic carbocycles. The maximum absolute atomic E-state index is 10.8. The van der Waals surface area contributed by atoms with E-state index in [0.29, 0.717) is 0 Å². The Bertz CT molecular complexity index is 643. The molecule has 4 nitrogen and oxygen atoms in total. The van der Waals surface area contributed by atoms with Crippen molar-refractivity contribution >= 4 is 16.9 Å². The Hall–Kier alpha value is -2.07. The fraction of sp³-hybridized carbons (Fsp3) is 0.389. The number of ether oxygens (including phenoxy) is 1. The highest BCUT2D eigenvalue weighted by Crippen LogP contribution is 2.20. The molecule has 1 fully saturated rings. The number of hydrogen-bond acceptors (Lipinski definition) is 3. The van der Waals surface area contributed by atoms with Crippen LogP contribution in [0.25, 0.3) is 10.8 Å². The van der Waals surface area contributed by atoms with Crippen molar-refractivity contribution in [3.05, 3.63) is 48.0 Å². The van der Waals surface area contributed by atoms with Gasteiger partial charge in [-0.15, -0.1) is 0 Å². The summed E-state index contributed by atoms with van der Waals surface area (Å²) in [5, 5.41) is 2.64. The van der Waals surface area contributed by atoms with E-state index < -0.39 is 6.09 Å². The van der Waals surface area contributed by atoms with Crippen LogP contribution in [-0.2, 0) is 11.2 Å². The second-order valence-corrected chi connectivity index (χ2v) is 5.87. The lowest BCUT2D eigenvalue weighted by Gasteiger charge is -2.31. The van der Waals surface area contributed by atoms with Gasteiger partial charge in [0.25, 0.3) is 0 Å². The van der Waals surface area contributed by atoms with E-state index in [1.54, 1.807) is 0 Å². The van der Waals surface area contributed by atoms with Crippen LogP contribution < -0.4 is 5.73 Å². The summed E-state index contributed by atoms with van der Waals surface area (Å²) in [7, 11) is 0. The molecule has 0 atom stereocenters. The molecule has 1 saturated heterocycles. The van der Waals surface area contributed by atoms with Gasteiger partial charge in [0, 0.05) is 19.6 Å². The van der Waals surface area contributed by atoms with Crippen LogP contribution in [0.4, 0.5) is 4.79 Å². The molecule has 1 aliphatic rings. The Morgan fingerprint density at radius 3 is 2.64 bits per heavy atom. The average molecular weight is 298 g/mol. The molecule has 0 radical (unpaired) electrons. The quantitative estimate of drug-likeness (QED) is 0.944. The minimum Gasteiger partial charge on any atom is -0.446 e. The molecule has 1 heterocycles. The van der Waals surface area contributed by atoms with Crippen molar-refractivity contribution in [1.29, 1.82) is 0 Å². The van der Waals surface area contributed by atoms with Gasteiger partial charge in [0.05, 0.1) is 0 Å². The van der Waals surface area contributed by atoms with Gasteiger partial charge in [0.1, 0.15) is 6.10 Å². The first-order chi connectivity index (χ1) is 10.7. The van der Waals surface area contributed by atoms with E-state index in [2.05, 4.69) is 47.4 Å². The van der Waals surface area contributed by atoms with Crippen LogP contribution in [0.15, 0.2) is 42.5 Å². The number of primary amides is 1. The van der Waals surface area contributed by atoms with Crippen molar-refractivity contribution in [2.45, 2.75) is 25.4 Å². The minimum absolute atomic E-state index is 0.00805. The molecule has 4 heteroatoms. The number of fused-ring (bicyclic) bond motifs is 1. The number of likely N-dealkylation sites (tertiary alicyclic amines) is 1. The highest BCUT2D eigenvalue weighted by molar-refractivity contribution is 5.85. The summed E-state index contributed by atoms with van der Waals surface area (Å²) < 4.78 is 5.07. The van der Waals surface area contributed by atoms with Gasteiger partial charge in [0.2, 0.25) is 0 Å². The third-order valence-corrected chi connectivity index (χ3v) is 4.39. The molecule has 0 aliphatic carbocycles. The van der Waals surface area contributed by atoms with Crippen LogP contribution >= 0.6 is 0 Å². The van der Waals surface area contributed by atoms with E-state index in [1.165, 1.54) is 16.3 Å². The first-order valence-corrected chi connectivity index (χ1v) is 7.87. The van der Waals surface area contributed by atoms with Gasteiger partial charge in [-0.1, -0.05) is 42.5 Å². The molecule has 0 aromatic heterocycles. The zero-order valence-corrected chi connectivity index (χ0v) is 12.7. The van der Waals surface area contributed by atoms with Crippen molar-refractivity contribution in [3.8, 4) is 0 Å². The number of carbonyl (C=O) groups is 1. The predicted octanol–water partition coefficient (Wildman–Crippen LogP) is 2.94. The molecular formula is C18H22N2O2. The van der Waals surface area contributed by atoms with Crippen molar-refractivity contribution in [3.63, 3.8) is 0 Å². The summed E-state index contributed by atoms with van der Waals surface area (Å²) in [5.74, 6) is 0. The van der Waals surface area contributed by atoms with Gasteiger partial charge in [0.15, 0.2) is 0 Å². The minimum atomic E-state index is -0.658. The first kappa shape index (κ1) is 14.9. The van der Waals surface area contributed by atoms with Gasteiger partial charge in [-0.05, 0) is 35.6 Å². The van der Waals surface area contributed by atoms with Crippen molar-refractivity contribution < 1.29 is 9.53 Å². The topological polar surface area (TPSA) is 55.6 Å². The summed E-state index contributed by atoms with van der Waals surface area (Å²) in [5.41, 5.74) is 6.47. The maximum Gasteiger partial charge on any atom is 0.404 e. The maximum atomic E-state index is 10.8. The molecular weight excluding hydrogens is 276 g/mol. The molecule has 22 heavy (non-hydrogen) atoms. The molecule has 2 N–H and O–H groups in total. The van der Waals surface area contributed by atoms with Crippen LogP contribution in [0.3, 0.4) is 0 Å². The van der Waals surface area contributed by atoms with E-state index in [1.807, 2.05) is 0 Å². The van der Waals surface area contributed by atoms with Gasteiger partial charge in [-0.25, -0.2) is 4.79 Å². The van der Waals surface area contributed by atoms with E-state index in [-0.39, 0.29) is 6.10 Å². The molecule has 0 saturated carbocycles. The van der Waals surface area contributed by atoms with Crippen molar-refractivity contribution in [1.82, 2.24) is 4.90 Å². The second kappa shape index (κ2) is 6.79. The molecule has 0 bridgehead atoms. The molecule has 1 aliphatic heterocycles. The number of rotatable bonds is 4. The normalized spacial score (nSPS) is 16.7. The fourth-order valence-electron chi connectivity index (χ4n) is 3.20. The number of nitrogens with two attached hydrogens (primary N) is 1. The third kappa shape index (κ3) is 3.57. The number of carbonyl (C=O) groups excluding carboxylic acids is 1. The van der Waals surface area contributed by atoms with Crippen LogP contribution in [0.5, 0.6) is 0 Å². The average Bonchev–Trinajstić information content (AvgIpc) is 2.54. The Labute approximate surface area is 130 Å². The van der Waals surface area contributed by atoms with Gasteiger partial charge >= 0.3 is 6.09 Å². The van der Waals surface area contributed by atoms with E-state index in [9.17, 15) is 4.79 Å². The Morgan fingerprint density at radius 2 is 1.86 bits per heavy atom. The standard InChI is InChI=1S/C18H22N2O2/c19-18(21)22-16-9-12-20(13-10-16)11-8-15-6-3-5-14-4-1-2-7-17(14)15/h1-7,16H,8-13H2,(H2,19,21). The zero-order chi connectivity index (χ0) is 15.4. The second-order valence-electron chi connectivity index (χ2n) is 5.87. The summed E-state index contributed by atoms with van der Waals surface area (Å²) in [4.78, 5) is 13.2. The van der Waals surface area contributed by atoms with Crippen molar-refractivity contribution in [2.75, 3.05) is 19.6 Å². The number of nitrogens with zero attached hydrogens (tertiary/aromatic N) is 1. The Kier molecular flexibility index (Phi) is 4.59. The van der Waals surface area contributed by atoms with Crippen LogP contribution in [0, 0.1) is 0 Å². The number of amides is 1. The fourth-order valence-corrected chi connectivity index (χ4v) is 3.20. The van der Waals surface area contributed by atoms with Gasteiger partial charge in [-0.3, -0.25) is 0 Å².